The number of rotatable bonds is 6. The molecule has 0 fully saturated rings. The van der Waals surface area contributed by atoms with E-state index in [1.54, 1.807) is 30.3 Å². The first-order chi connectivity index (χ1) is 11.9. The highest BCUT2D eigenvalue weighted by Crippen LogP contribution is 2.21. The second-order valence-corrected chi connectivity index (χ2v) is 6.85. The summed E-state index contributed by atoms with van der Waals surface area (Å²) in [6.45, 7) is 5.70. The first kappa shape index (κ1) is 18.7. The number of carbonyl (C=O) groups excluding carboxylic acids is 3. The number of benzene rings is 1. The Morgan fingerprint density at radius 1 is 1.16 bits per heavy atom. The van der Waals surface area contributed by atoms with E-state index in [0.717, 1.165) is 9.75 Å². The van der Waals surface area contributed by atoms with Crippen LogP contribution in [0.5, 0.6) is 0 Å². The summed E-state index contributed by atoms with van der Waals surface area (Å²) in [5.41, 5.74) is 1.39. The Morgan fingerprint density at radius 2 is 1.92 bits per heavy atom. The topological polar surface area (TPSA) is 84.5 Å². The van der Waals surface area contributed by atoms with Crippen LogP contribution in [0.3, 0.4) is 0 Å². The van der Waals surface area contributed by atoms with E-state index in [9.17, 15) is 14.4 Å². The minimum atomic E-state index is -0.520. The van der Waals surface area contributed by atoms with E-state index in [2.05, 4.69) is 10.6 Å². The highest BCUT2D eigenvalue weighted by Gasteiger charge is 2.15. The molecule has 0 bridgehead atoms. The van der Waals surface area contributed by atoms with E-state index >= 15 is 0 Å². The number of ether oxygens (including phenoxy) is 1. The van der Waals surface area contributed by atoms with Gasteiger partial charge in [-0.1, -0.05) is 6.07 Å². The molecular weight excluding hydrogens is 340 g/mol. The van der Waals surface area contributed by atoms with E-state index in [4.69, 9.17) is 4.74 Å². The molecule has 7 heteroatoms. The van der Waals surface area contributed by atoms with E-state index in [1.807, 2.05) is 20.8 Å². The molecule has 1 heterocycles. The molecule has 0 atom stereocenters. The van der Waals surface area contributed by atoms with Crippen molar-refractivity contribution in [1.29, 1.82) is 0 Å². The summed E-state index contributed by atoms with van der Waals surface area (Å²) in [6, 6.07) is 8.30. The van der Waals surface area contributed by atoms with Crippen LogP contribution in [0.25, 0.3) is 0 Å². The lowest BCUT2D eigenvalue weighted by Gasteiger charge is -2.08. The van der Waals surface area contributed by atoms with Crippen LogP contribution in [-0.2, 0) is 9.53 Å². The van der Waals surface area contributed by atoms with Gasteiger partial charge in [-0.05, 0) is 45.0 Å². The fourth-order valence-corrected chi connectivity index (χ4v) is 3.15. The maximum atomic E-state index is 12.0. The van der Waals surface area contributed by atoms with E-state index in [-0.39, 0.29) is 5.91 Å². The Hall–Kier alpha value is -2.67. The minimum Gasteiger partial charge on any atom is -0.452 e. The number of thiophene rings is 1. The van der Waals surface area contributed by atoms with Crippen LogP contribution in [0, 0.1) is 13.8 Å². The summed E-state index contributed by atoms with van der Waals surface area (Å²) in [5, 5.41) is 5.30. The third kappa shape index (κ3) is 5.15. The smallest absolute Gasteiger partial charge is 0.339 e. The van der Waals surface area contributed by atoms with Gasteiger partial charge in [0.15, 0.2) is 6.61 Å². The number of carbonyl (C=O) groups is 3. The second kappa shape index (κ2) is 8.43. The molecule has 0 spiro atoms. The van der Waals surface area contributed by atoms with Gasteiger partial charge in [0.05, 0.1) is 5.56 Å². The van der Waals surface area contributed by atoms with Crippen molar-refractivity contribution in [3.8, 4) is 0 Å². The number of amides is 2. The molecule has 0 saturated carbocycles. The molecule has 1 aromatic carbocycles. The summed E-state index contributed by atoms with van der Waals surface area (Å²) < 4.78 is 5.05. The van der Waals surface area contributed by atoms with E-state index < -0.39 is 18.5 Å². The molecule has 0 unspecified atom stereocenters. The van der Waals surface area contributed by atoms with Crippen LogP contribution in [-0.4, -0.2) is 30.9 Å². The summed E-state index contributed by atoms with van der Waals surface area (Å²) >= 11 is 1.50. The number of aryl methyl sites for hydroxylation is 2. The highest BCUT2D eigenvalue weighted by atomic mass is 32.1. The van der Waals surface area contributed by atoms with Crippen LogP contribution in [0.1, 0.15) is 37.4 Å². The maximum Gasteiger partial charge on any atom is 0.339 e. The maximum absolute atomic E-state index is 12.0. The Balaban J connectivity index is 1.92. The van der Waals surface area contributed by atoms with Gasteiger partial charge in [-0.25, -0.2) is 4.79 Å². The summed E-state index contributed by atoms with van der Waals surface area (Å²) in [5.74, 6) is -1.20. The first-order valence-corrected chi connectivity index (χ1v) is 8.64. The predicted molar refractivity (Wildman–Crippen MR) is 97.2 cm³/mol. The standard InChI is InChI=1S/C18H20N2O4S/c1-4-19-17(22)13-6-5-7-14(9-13)20-16(21)10-24-18(23)15-8-11(2)25-12(15)3/h5-9H,4,10H2,1-3H3,(H,19,22)(H,20,21). The van der Waals surface area contributed by atoms with Crippen molar-refractivity contribution in [2.45, 2.75) is 20.8 Å². The molecule has 6 nitrogen and oxygen atoms in total. The number of nitrogens with one attached hydrogen (secondary N) is 2. The highest BCUT2D eigenvalue weighted by molar-refractivity contribution is 7.12. The monoisotopic (exact) mass is 360 g/mol. The minimum absolute atomic E-state index is 0.215. The lowest BCUT2D eigenvalue weighted by Crippen LogP contribution is -2.23. The third-order valence-electron chi connectivity index (χ3n) is 3.34. The zero-order chi connectivity index (χ0) is 18.4. The number of anilines is 1. The van der Waals surface area contributed by atoms with Gasteiger partial charge in [0.2, 0.25) is 0 Å². The predicted octanol–water partition coefficient (Wildman–Crippen LogP) is 2.91. The van der Waals surface area contributed by atoms with Crippen molar-refractivity contribution in [3.63, 3.8) is 0 Å². The van der Waals surface area contributed by atoms with Crippen molar-refractivity contribution in [2.75, 3.05) is 18.5 Å². The quantitative estimate of drug-likeness (QED) is 0.776. The molecule has 0 aliphatic rings. The molecule has 25 heavy (non-hydrogen) atoms. The molecule has 0 radical (unpaired) electrons. The average molecular weight is 360 g/mol. The molecule has 1 aromatic heterocycles. The Labute approximate surface area is 150 Å². The van der Waals surface area contributed by atoms with Gasteiger partial charge in [-0.3, -0.25) is 9.59 Å². The fraction of sp³-hybridized carbons (Fsp3) is 0.278. The Morgan fingerprint density at radius 3 is 2.56 bits per heavy atom. The second-order valence-electron chi connectivity index (χ2n) is 5.39. The lowest BCUT2D eigenvalue weighted by molar-refractivity contribution is -0.119. The van der Waals surface area contributed by atoms with Crippen LogP contribution < -0.4 is 10.6 Å². The van der Waals surface area contributed by atoms with Crippen molar-refractivity contribution >= 4 is 34.8 Å². The van der Waals surface area contributed by atoms with Gasteiger partial charge >= 0.3 is 5.97 Å². The van der Waals surface area contributed by atoms with Crippen molar-refractivity contribution in [3.05, 3.63) is 51.2 Å². The van der Waals surface area contributed by atoms with Crippen LogP contribution >= 0.6 is 11.3 Å². The molecule has 0 aliphatic heterocycles. The number of hydrogen-bond donors (Lipinski definition) is 2. The van der Waals surface area contributed by atoms with Gasteiger partial charge in [-0.2, -0.15) is 0 Å². The summed E-state index contributed by atoms with van der Waals surface area (Å²) in [7, 11) is 0. The van der Waals surface area contributed by atoms with Crippen molar-refractivity contribution in [1.82, 2.24) is 5.32 Å². The van der Waals surface area contributed by atoms with Gasteiger partial charge in [0.25, 0.3) is 11.8 Å². The average Bonchev–Trinajstić information content (AvgIpc) is 2.91. The molecule has 2 N–H and O–H groups in total. The van der Waals surface area contributed by atoms with Gasteiger partial charge in [0, 0.05) is 27.5 Å². The molecule has 0 aliphatic carbocycles. The largest absolute Gasteiger partial charge is 0.452 e. The summed E-state index contributed by atoms with van der Waals surface area (Å²) in [6.07, 6.45) is 0. The van der Waals surface area contributed by atoms with E-state index in [1.165, 1.54) is 11.3 Å². The van der Waals surface area contributed by atoms with Crippen LogP contribution in [0.15, 0.2) is 30.3 Å². The Kier molecular flexibility index (Phi) is 6.30. The lowest BCUT2D eigenvalue weighted by atomic mass is 10.2. The Bertz CT molecular complexity index is 798. The van der Waals surface area contributed by atoms with Gasteiger partial charge < -0.3 is 15.4 Å². The van der Waals surface area contributed by atoms with E-state index in [0.29, 0.717) is 23.4 Å². The molecule has 0 saturated heterocycles. The zero-order valence-corrected chi connectivity index (χ0v) is 15.2. The SMILES string of the molecule is CCNC(=O)c1cccc(NC(=O)COC(=O)c2cc(C)sc2C)c1. The molecule has 2 rings (SSSR count). The number of esters is 1. The van der Waals surface area contributed by atoms with Crippen molar-refractivity contribution < 1.29 is 19.1 Å². The van der Waals surface area contributed by atoms with Gasteiger partial charge in [-0.15, -0.1) is 11.3 Å². The molecule has 2 amide bonds. The molecular formula is C18H20N2O4S. The molecule has 2 aromatic rings. The normalized spacial score (nSPS) is 10.2. The first-order valence-electron chi connectivity index (χ1n) is 7.83. The van der Waals surface area contributed by atoms with Gasteiger partial charge in [0.1, 0.15) is 0 Å². The zero-order valence-electron chi connectivity index (χ0n) is 14.3. The van der Waals surface area contributed by atoms with Crippen LogP contribution in [0.4, 0.5) is 5.69 Å². The number of hydrogen-bond acceptors (Lipinski definition) is 5. The van der Waals surface area contributed by atoms with Crippen molar-refractivity contribution in [2.24, 2.45) is 0 Å². The van der Waals surface area contributed by atoms with Crippen LogP contribution in [0.2, 0.25) is 0 Å². The summed E-state index contributed by atoms with van der Waals surface area (Å²) in [4.78, 5) is 37.6. The third-order valence-corrected chi connectivity index (χ3v) is 4.31. The fourth-order valence-electron chi connectivity index (χ4n) is 2.24. The molecule has 132 valence electrons.